The third-order valence-electron chi connectivity index (χ3n) is 2.88. The van der Waals surface area contributed by atoms with Crippen molar-refractivity contribution in [2.45, 2.75) is 20.5 Å². The van der Waals surface area contributed by atoms with Gasteiger partial charge in [0.1, 0.15) is 18.1 Å². The second-order valence-electron chi connectivity index (χ2n) is 4.34. The predicted molar refractivity (Wildman–Crippen MR) is 78.2 cm³/mol. The van der Waals surface area contributed by atoms with E-state index in [4.69, 9.17) is 10.6 Å². The van der Waals surface area contributed by atoms with Crippen LogP contribution in [-0.4, -0.2) is 16.1 Å². The lowest BCUT2D eigenvalue weighted by Gasteiger charge is -2.09. The Balaban J connectivity index is 2.17. The molecule has 0 unspecified atom stereocenters. The first-order valence-corrected chi connectivity index (χ1v) is 6.76. The van der Waals surface area contributed by atoms with Crippen LogP contribution in [0.25, 0.3) is 0 Å². The topological polar surface area (TPSA) is 93.0 Å². The molecule has 20 heavy (non-hydrogen) atoms. The number of nitrogen functional groups attached to an aromatic ring is 1. The number of nitrogens with two attached hydrogens (primary N) is 1. The molecule has 0 aliphatic heterocycles. The minimum Gasteiger partial charge on any atom is -0.487 e. The number of nitrogens with one attached hydrogen (secondary N) is 2. The van der Waals surface area contributed by atoms with Gasteiger partial charge in [-0.1, -0.05) is 15.9 Å². The van der Waals surface area contributed by atoms with E-state index in [-0.39, 0.29) is 12.5 Å². The van der Waals surface area contributed by atoms with E-state index in [9.17, 15) is 4.79 Å². The van der Waals surface area contributed by atoms with Gasteiger partial charge in [0, 0.05) is 10.2 Å². The highest BCUT2D eigenvalue weighted by atomic mass is 79.9. The van der Waals surface area contributed by atoms with Crippen LogP contribution >= 0.6 is 15.9 Å². The molecule has 1 aromatic heterocycles. The van der Waals surface area contributed by atoms with Gasteiger partial charge in [-0.2, -0.15) is 5.10 Å². The Hall–Kier alpha value is -1.86. The van der Waals surface area contributed by atoms with Crippen molar-refractivity contribution in [3.63, 3.8) is 0 Å². The Morgan fingerprint density at radius 1 is 1.50 bits per heavy atom. The number of carbonyl (C=O) groups excluding carboxylic acids is 1. The van der Waals surface area contributed by atoms with Crippen molar-refractivity contribution < 1.29 is 9.53 Å². The number of rotatable bonds is 4. The quantitative estimate of drug-likeness (QED) is 0.451. The maximum Gasteiger partial charge on any atom is 0.269 e. The number of aromatic nitrogens is 2. The Morgan fingerprint density at radius 3 is 2.90 bits per heavy atom. The van der Waals surface area contributed by atoms with Gasteiger partial charge in [-0.25, -0.2) is 5.84 Å². The lowest BCUT2D eigenvalue weighted by Crippen LogP contribution is -2.31. The second-order valence-corrected chi connectivity index (χ2v) is 5.26. The molecule has 2 aromatic rings. The summed E-state index contributed by atoms with van der Waals surface area (Å²) in [6.45, 7) is 3.89. The van der Waals surface area contributed by atoms with Gasteiger partial charge in [0.2, 0.25) is 0 Å². The highest BCUT2D eigenvalue weighted by molar-refractivity contribution is 9.10. The molecule has 1 aromatic carbocycles. The first-order valence-electron chi connectivity index (χ1n) is 5.96. The van der Waals surface area contributed by atoms with Gasteiger partial charge in [-0.3, -0.25) is 15.3 Å². The normalized spacial score (nSPS) is 10.4. The summed E-state index contributed by atoms with van der Waals surface area (Å²) in [4.78, 5) is 11.7. The number of benzene rings is 1. The van der Waals surface area contributed by atoms with Crippen molar-refractivity contribution in [3.8, 4) is 5.75 Å². The van der Waals surface area contributed by atoms with Crippen LogP contribution in [0, 0.1) is 13.8 Å². The van der Waals surface area contributed by atoms with Crippen molar-refractivity contribution in [3.05, 3.63) is 45.2 Å². The predicted octanol–water partition coefficient (Wildman–Crippen LogP) is 1.97. The number of nitrogens with zero attached hydrogens (tertiary/aromatic N) is 1. The number of aromatic amines is 1. The molecule has 1 amide bonds. The van der Waals surface area contributed by atoms with Crippen LogP contribution < -0.4 is 16.0 Å². The fraction of sp³-hybridized carbons (Fsp3) is 0.231. The summed E-state index contributed by atoms with van der Waals surface area (Å²) in [5.41, 5.74) is 4.69. The maximum absolute atomic E-state index is 11.7. The number of hydrazine groups is 1. The Kier molecular flexibility index (Phi) is 4.41. The van der Waals surface area contributed by atoms with Crippen molar-refractivity contribution in [2.24, 2.45) is 5.84 Å². The number of hydrogen-bond acceptors (Lipinski definition) is 4. The Morgan fingerprint density at radius 2 is 2.25 bits per heavy atom. The number of hydrogen-bond donors (Lipinski definition) is 3. The Bertz CT molecular complexity index is 639. The van der Waals surface area contributed by atoms with E-state index >= 15 is 0 Å². The largest absolute Gasteiger partial charge is 0.487 e. The number of H-pyrrole nitrogens is 1. The third kappa shape index (κ3) is 3.00. The number of halogens is 1. The van der Waals surface area contributed by atoms with Crippen LogP contribution in [0.2, 0.25) is 0 Å². The van der Waals surface area contributed by atoms with Crippen LogP contribution in [0.5, 0.6) is 5.75 Å². The molecule has 1 heterocycles. The number of aryl methyl sites for hydroxylation is 2. The molecule has 0 saturated heterocycles. The number of ether oxygens (including phenoxy) is 1. The molecule has 2 rings (SSSR count). The summed E-state index contributed by atoms with van der Waals surface area (Å²) < 4.78 is 6.69. The summed E-state index contributed by atoms with van der Waals surface area (Å²) in [7, 11) is 0. The van der Waals surface area contributed by atoms with Crippen molar-refractivity contribution in [1.29, 1.82) is 0 Å². The zero-order valence-electron chi connectivity index (χ0n) is 11.2. The molecular weight excluding hydrogens is 324 g/mol. The summed E-state index contributed by atoms with van der Waals surface area (Å²) in [6.07, 6.45) is 0. The summed E-state index contributed by atoms with van der Waals surface area (Å²) >= 11 is 3.40. The monoisotopic (exact) mass is 338 g/mol. The van der Waals surface area contributed by atoms with Crippen molar-refractivity contribution in [1.82, 2.24) is 15.6 Å². The van der Waals surface area contributed by atoms with Crippen molar-refractivity contribution in [2.75, 3.05) is 0 Å². The molecule has 0 spiro atoms. The first-order chi connectivity index (χ1) is 9.52. The first kappa shape index (κ1) is 14.5. The van der Waals surface area contributed by atoms with Gasteiger partial charge < -0.3 is 4.74 Å². The van der Waals surface area contributed by atoms with E-state index in [0.29, 0.717) is 17.0 Å². The molecule has 0 aliphatic carbocycles. The van der Waals surface area contributed by atoms with E-state index in [2.05, 4.69) is 31.6 Å². The SMILES string of the molecule is Cc1cc(Br)ccc1OCc1n[nH]c(C)c1C(=O)NN. The molecule has 0 bridgehead atoms. The highest BCUT2D eigenvalue weighted by Gasteiger charge is 2.17. The molecule has 0 fully saturated rings. The Labute approximate surface area is 124 Å². The molecule has 106 valence electrons. The lowest BCUT2D eigenvalue weighted by atomic mass is 10.2. The molecular formula is C13H15BrN4O2. The molecule has 0 aliphatic rings. The van der Waals surface area contributed by atoms with E-state index in [1.165, 1.54) is 0 Å². The molecule has 0 saturated carbocycles. The minimum absolute atomic E-state index is 0.190. The fourth-order valence-corrected chi connectivity index (χ4v) is 2.35. The van der Waals surface area contributed by atoms with Crippen LogP contribution in [0.4, 0.5) is 0 Å². The van der Waals surface area contributed by atoms with Gasteiger partial charge in [0.05, 0.1) is 5.56 Å². The minimum atomic E-state index is -0.387. The summed E-state index contributed by atoms with van der Waals surface area (Å²) in [5.74, 6) is 5.52. The van der Waals surface area contributed by atoms with E-state index in [1.807, 2.05) is 25.1 Å². The highest BCUT2D eigenvalue weighted by Crippen LogP contribution is 2.23. The van der Waals surface area contributed by atoms with Gasteiger partial charge >= 0.3 is 0 Å². The average molecular weight is 339 g/mol. The number of carbonyl (C=O) groups is 1. The van der Waals surface area contributed by atoms with Gasteiger partial charge in [0.15, 0.2) is 0 Å². The molecule has 0 radical (unpaired) electrons. The fourth-order valence-electron chi connectivity index (χ4n) is 1.88. The van der Waals surface area contributed by atoms with Crippen LogP contribution in [0.3, 0.4) is 0 Å². The summed E-state index contributed by atoms with van der Waals surface area (Å²) in [5, 5.41) is 6.83. The van der Waals surface area contributed by atoms with Gasteiger partial charge in [-0.15, -0.1) is 0 Å². The van der Waals surface area contributed by atoms with Crippen LogP contribution in [0.1, 0.15) is 27.3 Å². The van der Waals surface area contributed by atoms with Gasteiger partial charge in [-0.05, 0) is 37.6 Å². The zero-order chi connectivity index (χ0) is 14.7. The third-order valence-corrected chi connectivity index (χ3v) is 3.37. The van der Waals surface area contributed by atoms with Crippen LogP contribution in [-0.2, 0) is 6.61 Å². The molecule has 4 N–H and O–H groups in total. The summed E-state index contributed by atoms with van der Waals surface area (Å²) in [6, 6.07) is 5.71. The lowest BCUT2D eigenvalue weighted by molar-refractivity contribution is 0.0950. The van der Waals surface area contributed by atoms with Crippen LogP contribution in [0.15, 0.2) is 22.7 Å². The van der Waals surface area contributed by atoms with E-state index in [0.717, 1.165) is 15.8 Å². The smallest absolute Gasteiger partial charge is 0.269 e. The van der Waals surface area contributed by atoms with E-state index in [1.54, 1.807) is 6.92 Å². The standard InChI is InChI=1S/C13H15BrN4O2/c1-7-5-9(14)3-4-11(7)20-6-10-12(13(19)16-15)8(2)17-18-10/h3-5H,6,15H2,1-2H3,(H,16,19)(H,17,18). The van der Waals surface area contributed by atoms with Gasteiger partial charge in [0.25, 0.3) is 5.91 Å². The zero-order valence-corrected chi connectivity index (χ0v) is 12.7. The molecule has 0 atom stereocenters. The molecule has 6 nitrogen and oxygen atoms in total. The average Bonchev–Trinajstić information content (AvgIpc) is 2.78. The number of amides is 1. The maximum atomic E-state index is 11.7. The van der Waals surface area contributed by atoms with E-state index < -0.39 is 0 Å². The second kappa shape index (κ2) is 6.06. The molecule has 7 heteroatoms. The van der Waals surface area contributed by atoms with Crippen molar-refractivity contribution >= 4 is 21.8 Å².